The van der Waals surface area contributed by atoms with Crippen molar-refractivity contribution in [3.8, 4) is 0 Å². The smallest absolute Gasteiger partial charge is 0.222 e. The van der Waals surface area contributed by atoms with E-state index < -0.39 is 0 Å². The van der Waals surface area contributed by atoms with E-state index >= 15 is 0 Å². The molecule has 1 amide bonds. The third-order valence-electron chi connectivity index (χ3n) is 5.71. The van der Waals surface area contributed by atoms with E-state index in [2.05, 4.69) is 20.8 Å². The number of halogens is 1. The second-order valence-electron chi connectivity index (χ2n) is 6.96. The normalized spacial score (nSPS) is 37.8. The first-order chi connectivity index (χ1) is 9.26. The molecule has 0 aromatic rings. The van der Waals surface area contributed by atoms with Gasteiger partial charge >= 0.3 is 0 Å². The fraction of sp³-hybridized carbons (Fsp3) is 0.938. The molecule has 0 aromatic carbocycles. The average Bonchev–Trinajstić information content (AvgIpc) is 3.02. The van der Waals surface area contributed by atoms with Crippen molar-refractivity contribution in [1.82, 2.24) is 4.90 Å². The van der Waals surface area contributed by atoms with Crippen LogP contribution in [0.25, 0.3) is 0 Å². The summed E-state index contributed by atoms with van der Waals surface area (Å²) in [6.07, 6.45) is 10.2. The van der Waals surface area contributed by atoms with Crippen LogP contribution in [0.15, 0.2) is 0 Å². The number of hydrogen-bond acceptors (Lipinski definition) is 1. The highest BCUT2D eigenvalue weighted by molar-refractivity contribution is 9.09. The molecule has 3 rings (SSSR count). The van der Waals surface area contributed by atoms with E-state index in [0.29, 0.717) is 5.91 Å². The zero-order valence-corrected chi connectivity index (χ0v) is 13.4. The van der Waals surface area contributed by atoms with E-state index in [0.717, 1.165) is 48.5 Å². The first-order valence-electron chi connectivity index (χ1n) is 8.10. The largest absolute Gasteiger partial charge is 0.342 e. The van der Waals surface area contributed by atoms with Gasteiger partial charge in [0.1, 0.15) is 0 Å². The molecule has 0 spiro atoms. The SMILES string of the molecule is O=C(CC1CC2CCC1C2)N1CCCC(CCBr)C1. The molecular weight excluding hydrogens is 302 g/mol. The molecule has 2 nitrogen and oxygen atoms in total. The Balaban J connectivity index is 1.49. The Kier molecular flexibility index (Phi) is 4.51. The van der Waals surface area contributed by atoms with Crippen molar-refractivity contribution in [2.24, 2.45) is 23.7 Å². The van der Waals surface area contributed by atoms with Gasteiger partial charge in [-0.2, -0.15) is 0 Å². The number of carbonyl (C=O) groups is 1. The lowest BCUT2D eigenvalue weighted by atomic mass is 9.85. The van der Waals surface area contributed by atoms with Crippen LogP contribution in [0, 0.1) is 23.7 Å². The summed E-state index contributed by atoms with van der Waals surface area (Å²) in [6.45, 7) is 2.03. The second kappa shape index (κ2) is 6.15. The van der Waals surface area contributed by atoms with Crippen LogP contribution in [0.4, 0.5) is 0 Å². The van der Waals surface area contributed by atoms with Gasteiger partial charge in [0.2, 0.25) is 5.91 Å². The lowest BCUT2D eigenvalue weighted by Crippen LogP contribution is -2.41. The molecule has 4 atom stereocenters. The van der Waals surface area contributed by atoms with Crippen LogP contribution in [0.2, 0.25) is 0 Å². The van der Waals surface area contributed by atoms with E-state index in [1.165, 1.54) is 44.9 Å². The highest BCUT2D eigenvalue weighted by Gasteiger charge is 2.40. The van der Waals surface area contributed by atoms with Crippen molar-refractivity contribution in [1.29, 1.82) is 0 Å². The van der Waals surface area contributed by atoms with Crippen molar-refractivity contribution in [3.63, 3.8) is 0 Å². The third kappa shape index (κ3) is 3.17. The second-order valence-corrected chi connectivity index (χ2v) is 7.76. The minimum absolute atomic E-state index is 0.455. The van der Waals surface area contributed by atoms with Crippen LogP contribution in [0.1, 0.15) is 51.4 Å². The fourth-order valence-corrected chi connectivity index (χ4v) is 5.31. The van der Waals surface area contributed by atoms with Crippen molar-refractivity contribution >= 4 is 21.8 Å². The molecule has 2 bridgehead atoms. The maximum Gasteiger partial charge on any atom is 0.222 e. The molecule has 0 aromatic heterocycles. The van der Waals surface area contributed by atoms with Gasteiger partial charge in [0.15, 0.2) is 0 Å². The van der Waals surface area contributed by atoms with Crippen molar-refractivity contribution in [3.05, 3.63) is 0 Å². The van der Waals surface area contributed by atoms with E-state index in [9.17, 15) is 4.79 Å². The number of alkyl halides is 1. The van der Waals surface area contributed by atoms with Crippen LogP contribution in [0.3, 0.4) is 0 Å². The molecule has 0 radical (unpaired) electrons. The summed E-state index contributed by atoms with van der Waals surface area (Å²) >= 11 is 3.53. The van der Waals surface area contributed by atoms with Crippen LogP contribution < -0.4 is 0 Å². The number of rotatable bonds is 4. The Labute approximate surface area is 125 Å². The van der Waals surface area contributed by atoms with Gasteiger partial charge in [0, 0.05) is 24.8 Å². The molecule has 3 aliphatic rings. The standard InChI is InChI=1S/C16H26BrNO/c17-6-5-12-2-1-7-18(11-12)16(19)10-15-9-13-3-4-14(15)8-13/h12-15H,1-11H2. The van der Waals surface area contributed by atoms with Crippen molar-refractivity contribution in [2.45, 2.75) is 51.4 Å². The van der Waals surface area contributed by atoms with Crippen LogP contribution in [-0.2, 0) is 4.79 Å². The van der Waals surface area contributed by atoms with Crippen LogP contribution in [-0.4, -0.2) is 29.2 Å². The molecule has 2 saturated carbocycles. The number of fused-ring (bicyclic) bond motifs is 2. The highest BCUT2D eigenvalue weighted by atomic mass is 79.9. The zero-order chi connectivity index (χ0) is 13.2. The summed E-state index contributed by atoms with van der Waals surface area (Å²) in [5.74, 6) is 3.76. The molecule has 1 heterocycles. The molecule has 1 aliphatic heterocycles. The Morgan fingerprint density at radius 3 is 2.79 bits per heavy atom. The summed E-state index contributed by atoms with van der Waals surface area (Å²) in [4.78, 5) is 14.7. The third-order valence-corrected chi connectivity index (χ3v) is 6.17. The summed E-state index contributed by atoms with van der Waals surface area (Å²) in [5, 5.41) is 1.08. The fourth-order valence-electron chi connectivity index (χ4n) is 4.66. The van der Waals surface area contributed by atoms with Gasteiger partial charge in [-0.25, -0.2) is 0 Å². The number of piperidine rings is 1. The van der Waals surface area contributed by atoms with Crippen molar-refractivity contribution < 1.29 is 4.79 Å². The van der Waals surface area contributed by atoms with E-state index in [1.54, 1.807) is 0 Å². The Morgan fingerprint density at radius 2 is 2.11 bits per heavy atom. The lowest BCUT2D eigenvalue weighted by Gasteiger charge is -2.34. The molecule has 1 saturated heterocycles. The number of likely N-dealkylation sites (tertiary alicyclic amines) is 1. The highest BCUT2D eigenvalue weighted by Crippen LogP contribution is 2.49. The summed E-state index contributed by atoms with van der Waals surface area (Å²) < 4.78 is 0. The monoisotopic (exact) mass is 327 g/mol. The summed E-state index contributed by atoms with van der Waals surface area (Å²) in [7, 11) is 0. The molecule has 4 unspecified atom stereocenters. The van der Waals surface area contributed by atoms with Gasteiger partial charge in [0.05, 0.1) is 0 Å². The molecule has 3 fully saturated rings. The van der Waals surface area contributed by atoms with E-state index in [1.807, 2.05) is 0 Å². The molecule has 0 N–H and O–H groups in total. The first kappa shape index (κ1) is 13.9. The number of nitrogens with zero attached hydrogens (tertiary/aromatic N) is 1. The summed E-state index contributed by atoms with van der Waals surface area (Å²) in [5.41, 5.74) is 0. The Bertz CT molecular complexity index is 331. The van der Waals surface area contributed by atoms with Gasteiger partial charge in [-0.1, -0.05) is 22.4 Å². The molecular formula is C16H26BrNO. The van der Waals surface area contributed by atoms with Gasteiger partial charge in [-0.15, -0.1) is 0 Å². The maximum atomic E-state index is 12.5. The first-order valence-corrected chi connectivity index (χ1v) is 9.22. The maximum absolute atomic E-state index is 12.5. The van der Waals surface area contributed by atoms with Gasteiger partial charge in [-0.3, -0.25) is 4.79 Å². The number of carbonyl (C=O) groups excluding carboxylic acids is 1. The predicted octanol–water partition coefficient (Wildman–Crippen LogP) is 3.84. The quantitative estimate of drug-likeness (QED) is 0.718. The predicted molar refractivity (Wildman–Crippen MR) is 81.3 cm³/mol. The lowest BCUT2D eigenvalue weighted by molar-refractivity contribution is -0.134. The Morgan fingerprint density at radius 1 is 1.21 bits per heavy atom. The zero-order valence-electron chi connectivity index (χ0n) is 11.8. The minimum Gasteiger partial charge on any atom is -0.342 e. The van der Waals surface area contributed by atoms with Gasteiger partial charge < -0.3 is 4.90 Å². The molecule has 108 valence electrons. The number of hydrogen-bond donors (Lipinski definition) is 0. The van der Waals surface area contributed by atoms with Crippen LogP contribution in [0.5, 0.6) is 0 Å². The molecule has 3 heteroatoms. The van der Waals surface area contributed by atoms with E-state index in [4.69, 9.17) is 0 Å². The van der Waals surface area contributed by atoms with Crippen LogP contribution >= 0.6 is 15.9 Å². The summed E-state index contributed by atoms with van der Waals surface area (Å²) in [6, 6.07) is 0. The average molecular weight is 328 g/mol. The van der Waals surface area contributed by atoms with E-state index in [-0.39, 0.29) is 0 Å². The van der Waals surface area contributed by atoms with Crippen molar-refractivity contribution in [2.75, 3.05) is 18.4 Å². The molecule has 2 aliphatic carbocycles. The van der Waals surface area contributed by atoms with Gasteiger partial charge in [0.25, 0.3) is 0 Å². The van der Waals surface area contributed by atoms with Gasteiger partial charge in [-0.05, 0) is 62.2 Å². The Hall–Kier alpha value is -0.0500. The topological polar surface area (TPSA) is 20.3 Å². The molecule has 19 heavy (non-hydrogen) atoms. The number of amides is 1. The minimum atomic E-state index is 0.455.